The van der Waals surface area contributed by atoms with Gasteiger partial charge in [-0.3, -0.25) is 4.79 Å². The number of aliphatic carboxylic acids is 1. The van der Waals surface area contributed by atoms with E-state index < -0.39 is 12.0 Å². The highest BCUT2D eigenvalue weighted by Crippen LogP contribution is 2.36. The van der Waals surface area contributed by atoms with E-state index in [0.29, 0.717) is 0 Å². The molecule has 92 valence electrons. The second-order valence-corrected chi connectivity index (χ2v) is 4.97. The van der Waals surface area contributed by atoms with Gasteiger partial charge in [-0.25, -0.2) is 0 Å². The second-order valence-electron chi connectivity index (χ2n) is 4.05. The maximum Gasteiger partial charge on any atom is 0.321 e. The van der Waals surface area contributed by atoms with Gasteiger partial charge in [0, 0.05) is 16.0 Å². The zero-order valence-corrected chi connectivity index (χ0v) is 11.0. The summed E-state index contributed by atoms with van der Waals surface area (Å²) in [5.41, 5.74) is 0.944. The molecule has 0 aromatic heterocycles. The summed E-state index contributed by atoms with van der Waals surface area (Å²) >= 11 is 3.41. The molecule has 1 aromatic carbocycles. The van der Waals surface area contributed by atoms with E-state index in [2.05, 4.69) is 21.2 Å². The Balaban J connectivity index is 2.38. The minimum atomic E-state index is -0.811. The number of benzene rings is 1. The van der Waals surface area contributed by atoms with Crippen LogP contribution in [0, 0.1) is 0 Å². The van der Waals surface area contributed by atoms with E-state index in [9.17, 15) is 4.79 Å². The van der Waals surface area contributed by atoms with Gasteiger partial charge in [0.25, 0.3) is 0 Å². The van der Waals surface area contributed by atoms with E-state index in [0.717, 1.165) is 28.8 Å². The van der Waals surface area contributed by atoms with E-state index in [1.165, 1.54) is 0 Å². The third-order valence-electron chi connectivity index (χ3n) is 3.08. The smallest absolute Gasteiger partial charge is 0.321 e. The van der Waals surface area contributed by atoms with Crippen molar-refractivity contribution < 1.29 is 14.6 Å². The number of carboxylic acid groups (broad SMARTS) is 1. The molecule has 0 bridgehead atoms. The quantitative estimate of drug-likeness (QED) is 0.896. The summed E-state index contributed by atoms with van der Waals surface area (Å²) in [5.74, 6) is -0.109. The summed E-state index contributed by atoms with van der Waals surface area (Å²) in [6, 6.07) is 5.15. The summed E-state index contributed by atoms with van der Waals surface area (Å²) in [6.45, 7) is 0.720. The van der Waals surface area contributed by atoms with Gasteiger partial charge in [-0.15, -0.1) is 0 Å². The van der Waals surface area contributed by atoms with E-state index in [4.69, 9.17) is 9.84 Å². The van der Waals surface area contributed by atoms with Crippen molar-refractivity contribution in [2.75, 3.05) is 13.7 Å². The first kappa shape index (κ1) is 12.4. The van der Waals surface area contributed by atoms with E-state index in [1.807, 2.05) is 18.2 Å². The van der Waals surface area contributed by atoms with Gasteiger partial charge in [0.05, 0.1) is 7.11 Å². The molecule has 4 nitrogen and oxygen atoms in total. The summed E-state index contributed by atoms with van der Waals surface area (Å²) in [4.78, 5) is 11.2. The van der Waals surface area contributed by atoms with Gasteiger partial charge in [0.15, 0.2) is 0 Å². The highest BCUT2D eigenvalue weighted by atomic mass is 79.9. The molecule has 0 amide bonds. The standard InChI is InChI=1S/C12H14BrNO3/c1-17-10-3-2-7(13)6-9(10)8-4-5-14-11(8)12(15)16/h2-3,6,8,11,14H,4-5H2,1H3,(H,15,16). The molecule has 0 saturated carbocycles. The maximum absolute atomic E-state index is 11.2. The normalized spacial score (nSPS) is 23.6. The van der Waals surface area contributed by atoms with Crippen molar-refractivity contribution in [1.29, 1.82) is 0 Å². The van der Waals surface area contributed by atoms with Crippen LogP contribution in [0.2, 0.25) is 0 Å². The van der Waals surface area contributed by atoms with E-state index in [-0.39, 0.29) is 5.92 Å². The molecule has 5 heteroatoms. The topological polar surface area (TPSA) is 58.6 Å². The molecule has 1 fully saturated rings. The monoisotopic (exact) mass is 299 g/mol. The number of nitrogens with one attached hydrogen (secondary N) is 1. The van der Waals surface area contributed by atoms with Crippen molar-refractivity contribution in [2.24, 2.45) is 0 Å². The van der Waals surface area contributed by atoms with Crippen molar-refractivity contribution in [3.8, 4) is 5.75 Å². The number of hydrogen-bond donors (Lipinski definition) is 2. The highest BCUT2D eigenvalue weighted by molar-refractivity contribution is 9.10. The Kier molecular flexibility index (Phi) is 3.69. The fourth-order valence-corrected chi connectivity index (χ4v) is 2.67. The minimum Gasteiger partial charge on any atom is -0.496 e. The van der Waals surface area contributed by atoms with Gasteiger partial charge >= 0.3 is 5.97 Å². The lowest BCUT2D eigenvalue weighted by atomic mass is 9.91. The molecule has 0 radical (unpaired) electrons. The molecule has 2 rings (SSSR count). The summed E-state index contributed by atoms with van der Waals surface area (Å²) in [7, 11) is 1.60. The molecular formula is C12H14BrNO3. The molecule has 1 saturated heterocycles. The van der Waals surface area contributed by atoms with Crippen LogP contribution >= 0.6 is 15.9 Å². The first-order valence-electron chi connectivity index (χ1n) is 5.43. The van der Waals surface area contributed by atoms with Crippen molar-refractivity contribution in [2.45, 2.75) is 18.4 Å². The molecule has 0 spiro atoms. The van der Waals surface area contributed by atoms with Gasteiger partial charge in [-0.2, -0.15) is 0 Å². The number of rotatable bonds is 3. The lowest BCUT2D eigenvalue weighted by Gasteiger charge is -2.19. The fraction of sp³-hybridized carbons (Fsp3) is 0.417. The van der Waals surface area contributed by atoms with Crippen LogP contribution in [0.25, 0.3) is 0 Å². The Morgan fingerprint density at radius 3 is 3.00 bits per heavy atom. The zero-order chi connectivity index (χ0) is 12.4. The van der Waals surface area contributed by atoms with Crippen LogP contribution in [0.1, 0.15) is 17.9 Å². The molecule has 1 aliphatic rings. The molecule has 2 unspecified atom stereocenters. The van der Waals surface area contributed by atoms with Gasteiger partial charge in [-0.05, 0) is 31.2 Å². The van der Waals surface area contributed by atoms with Crippen LogP contribution in [-0.4, -0.2) is 30.8 Å². The van der Waals surface area contributed by atoms with Crippen LogP contribution in [0.15, 0.2) is 22.7 Å². The summed E-state index contributed by atoms with van der Waals surface area (Å²) in [6.07, 6.45) is 0.809. The van der Waals surface area contributed by atoms with Crippen LogP contribution in [0.5, 0.6) is 5.75 Å². The first-order valence-corrected chi connectivity index (χ1v) is 6.22. The predicted octanol–water partition coefficient (Wildman–Crippen LogP) is 1.99. The predicted molar refractivity (Wildman–Crippen MR) is 67.5 cm³/mol. The van der Waals surface area contributed by atoms with Crippen molar-refractivity contribution in [1.82, 2.24) is 5.32 Å². The van der Waals surface area contributed by atoms with Crippen LogP contribution in [-0.2, 0) is 4.79 Å². The molecule has 1 aromatic rings. The number of methoxy groups -OCH3 is 1. The third-order valence-corrected chi connectivity index (χ3v) is 3.57. The average Bonchev–Trinajstić information content (AvgIpc) is 2.77. The SMILES string of the molecule is COc1ccc(Br)cc1C1CCNC1C(=O)O. The summed E-state index contributed by atoms with van der Waals surface area (Å²) < 4.78 is 6.23. The first-order chi connectivity index (χ1) is 8.13. The molecule has 1 aliphatic heterocycles. The molecule has 2 atom stereocenters. The van der Waals surface area contributed by atoms with Gasteiger partial charge in [0.2, 0.25) is 0 Å². The van der Waals surface area contributed by atoms with E-state index in [1.54, 1.807) is 7.11 Å². The molecule has 2 N–H and O–H groups in total. The lowest BCUT2D eigenvalue weighted by molar-refractivity contribution is -0.139. The van der Waals surface area contributed by atoms with Crippen LogP contribution < -0.4 is 10.1 Å². The largest absolute Gasteiger partial charge is 0.496 e. The second kappa shape index (κ2) is 5.06. The minimum absolute atomic E-state index is 0.0417. The number of ether oxygens (including phenoxy) is 1. The molecule has 17 heavy (non-hydrogen) atoms. The lowest BCUT2D eigenvalue weighted by Crippen LogP contribution is -2.34. The highest BCUT2D eigenvalue weighted by Gasteiger charge is 2.35. The van der Waals surface area contributed by atoms with E-state index >= 15 is 0 Å². The van der Waals surface area contributed by atoms with Crippen molar-refractivity contribution in [3.05, 3.63) is 28.2 Å². The Hall–Kier alpha value is -1.07. The molecular weight excluding hydrogens is 286 g/mol. The van der Waals surface area contributed by atoms with Gasteiger partial charge < -0.3 is 15.2 Å². The van der Waals surface area contributed by atoms with Crippen LogP contribution in [0.3, 0.4) is 0 Å². The molecule has 1 heterocycles. The number of halogens is 1. The Morgan fingerprint density at radius 1 is 1.59 bits per heavy atom. The zero-order valence-electron chi connectivity index (χ0n) is 9.44. The summed E-state index contributed by atoms with van der Waals surface area (Å²) in [5, 5.41) is 12.2. The maximum atomic E-state index is 11.2. The fourth-order valence-electron chi connectivity index (χ4n) is 2.29. The Morgan fingerprint density at radius 2 is 2.35 bits per heavy atom. The van der Waals surface area contributed by atoms with Gasteiger partial charge in [-0.1, -0.05) is 15.9 Å². The Labute approximate surface area is 108 Å². The Bertz CT molecular complexity index is 436. The van der Waals surface area contributed by atoms with Crippen molar-refractivity contribution in [3.63, 3.8) is 0 Å². The number of hydrogen-bond acceptors (Lipinski definition) is 3. The van der Waals surface area contributed by atoms with Crippen molar-refractivity contribution >= 4 is 21.9 Å². The third kappa shape index (κ3) is 2.45. The molecule has 0 aliphatic carbocycles. The number of carboxylic acids is 1. The van der Waals surface area contributed by atoms with Crippen LogP contribution in [0.4, 0.5) is 0 Å². The average molecular weight is 300 g/mol. The number of carbonyl (C=O) groups is 1. The van der Waals surface area contributed by atoms with Gasteiger partial charge in [0.1, 0.15) is 11.8 Å².